The SMILES string of the molecule is CCCOc1ccc(-c2nonc2NC(=O)c2ccc(Cl)cc2)cc1OCCC. The number of hydrogen-bond donors (Lipinski definition) is 1. The van der Waals surface area contributed by atoms with Gasteiger partial charge in [0, 0.05) is 16.1 Å². The summed E-state index contributed by atoms with van der Waals surface area (Å²) >= 11 is 5.87. The molecule has 7 nitrogen and oxygen atoms in total. The molecular formula is C21H22ClN3O4. The summed E-state index contributed by atoms with van der Waals surface area (Å²) in [5.74, 6) is 1.14. The van der Waals surface area contributed by atoms with Crippen molar-refractivity contribution in [1.82, 2.24) is 10.3 Å². The van der Waals surface area contributed by atoms with E-state index >= 15 is 0 Å². The van der Waals surface area contributed by atoms with E-state index in [1.165, 1.54) is 0 Å². The van der Waals surface area contributed by atoms with Gasteiger partial charge in [-0.2, -0.15) is 0 Å². The van der Waals surface area contributed by atoms with E-state index in [1.54, 1.807) is 30.3 Å². The molecular weight excluding hydrogens is 394 g/mol. The van der Waals surface area contributed by atoms with E-state index in [4.69, 9.17) is 25.7 Å². The second-order valence-electron chi connectivity index (χ2n) is 6.28. The second kappa shape index (κ2) is 9.93. The number of carbonyl (C=O) groups excluding carboxylic acids is 1. The highest BCUT2D eigenvalue weighted by molar-refractivity contribution is 6.30. The van der Waals surface area contributed by atoms with E-state index in [0.29, 0.717) is 46.6 Å². The molecule has 8 heteroatoms. The fourth-order valence-electron chi connectivity index (χ4n) is 2.55. The van der Waals surface area contributed by atoms with Crippen molar-refractivity contribution in [2.75, 3.05) is 18.5 Å². The normalized spacial score (nSPS) is 10.6. The molecule has 0 saturated heterocycles. The zero-order valence-corrected chi connectivity index (χ0v) is 17.0. The first-order valence-corrected chi connectivity index (χ1v) is 9.79. The lowest BCUT2D eigenvalue weighted by atomic mass is 10.1. The van der Waals surface area contributed by atoms with Crippen molar-refractivity contribution in [3.63, 3.8) is 0 Å². The van der Waals surface area contributed by atoms with Gasteiger partial charge in [-0.25, -0.2) is 4.63 Å². The fraction of sp³-hybridized carbons (Fsp3) is 0.286. The van der Waals surface area contributed by atoms with Crippen molar-refractivity contribution in [3.05, 3.63) is 53.1 Å². The molecule has 0 bridgehead atoms. The number of ether oxygens (including phenoxy) is 2. The van der Waals surface area contributed by atoms with E-state index in [1.807, 2.05) is 26.0 Å². The Labute approximate surface area is 173 Å². The number of benzene rings is 2. The first kappa shape index (κ1) is 20.7. The van der Waals surface area contributed by atoms with Crippen LogP contribution in [0.15, 0.2) is 47.1 Å². The number of nitrogens with one attached hydrogen (secondary N) is 1. The maximum atomic E-state index is 12.5. The lowest BCUT2D eigenvalue weighted by molar-refractivity contribution is 0.102. The monoisotopic (exact) mass is 415 g/mol. The molecule has 1 N–H and O–H groups in total. The van der Waals surface area contributed by atoms with Crippen LogP contribution in [-0.4, -0.2) is 29.4 Å². The summed E-state index contributed by atoms with van der Waals surface area (Å²) in [5.41, 5.74) is 1.53. The third kappa shape index (κ3) is 5.26. The molecule has 0 radical (unpaired) electrons. The average molecular weight is 416 g/mol. The molecule has 152 valence electrons. The molecule has 0 spiro atoms. The van der Waals surface area contributed by atoms with Gasteiger partial charge >= 0.3 is 0 Å². The minimum Gasteiger partial charge on any atom is -0.490 e. The van der Waals surface area contributed by atoms with E-state index in [0.717, 1.165) is 12.8 Å². The summed E-state index contributed by atoms with van der Waals surface area (Å²) < 4.78 is 16.4. The predicted molar refractivity (Wildman–Crippen MR) is 111 cm³/mol. The lowest BCUT2D eigenvalue weighted by Gasteiger charge is -2.13. The van der Waals surface area contributed by atoms with Crippen LogP contribution in [0.5, 0.6) is 11.5 Å². The van der Waals surface area contributed by atoms with Crippen LogP contribution < -0.4 is 14.8 Å². The van der Waals surface area contributed by atoms with Crippen LogP contribution in [0.25, 0.3) is 11.3 Å². The minimum absolute atomic E-state index is 0.216. The molecule has 0 fully saturated rings. The molecule has 1 heterocycles. The number of rotatable bonds is 9. The summed E-state index contributed by atoms with van der Waals surface area (Å²) in [6, 6.07) is 12.0. The quantitative estimate of drug-likeness (QED) is 0.515. The summed E-state index contributed by atoms with van der Waals surface area (Å²) in [7, 11) is 0. The van der Waals surface area contributed by atoms with Crippen LogP contribution in [0.4, 0.5) is 5.82 Å². The van der Waals surface area contributed by atoms with E-state index in [2.05, 4.69) is 15.6 Å². The third-order valence-corrected chi connectivity index (χ3v) is 4.22. The minimum atomic E-state index is -0.344. The highest BCUT2D eigenvalue weighted by Crippen LogP contribution is 2.34. The first-order chi connectivity index (χ1) is 14.1. The molecule has 1 amide bonds. The number of aromatic nitrogens is 2. The molecule has 0 atom stereocenters. The van der Waals surface area contributed by atoms with Crippen LogP contribution in [0.2, 0.25) is 5.02 Å². The van der Waals surface area contributed by atoms with Crippen LogP contribution in [0.1, 0.15) is 37.0 Å². The maximum absolute atomic E-state index is 12.5. The highest BCUT2D eigenvalue weighted by atomic mass is 35.5. The molecule has 3 rings (SSSR count). The van der Waals surface area contributed by atoms with Crippen LogP contribution >= 0.6 is 11.6 Å². The maximum Gasteiger partial charge on any atom is 0.256 e. The Kier molecular flexibility index (Phi) is 7.08. The Balaban J connectivity index is 1.84. The van der Waals surface area contributed by atoms with Crippen LogP contribution in [0.3, 0.4) is 0 Å². The van der Waals surface area contributed by atoms with Crippen molar-refractivity contribution in [3.8, 4) is 22.8 Å². The third-order valence-electron chi connectivity index (χ3n) is 3.97. The molecule has 0 aliphatic rings. The van der Waals surface area contributed by atoms with E-state index in [9.17, 15) is 4.79 Å². The molecule has 29 heavy (non-hydrogen) atoms. The van der Waals surface area contributed by atoms with Crippen molar-refractivity contribution in [1.29, 1.82) is 0 Å². The highest BCUT2D eigenvalue weighted by Gasteiger charge is 2.18. The standard InChI is InChI=1S/C21H22ClN3O4/c1-3-11-27-17-10-7-15(13-18(17)28-12-4-2)19-20(25-29-24-19)23-21(26)14-5-8-16(22)9-6-14/h5-10,13H,3-4,11-12H2,1-2H3,(H,23,25,26). The molecule has 1 aromatic heterocycles. The van der Waals surface area contributed by atoms with Crippen molar-refractivity contribution < 1.29 is 18.9 Å². The summed E-state index contributed by atoms with van der Waals surface area (Å²) in [5, 5.41) is 11.0. The Bertz CT molecular complexity index is 957. The smallest absolute Gasteiger partial charge is 0.256 e. The Morgan fingerprint density at radius 1 is 1.00 bits per heavy atom. The number of anilines is 1. The second-order valence-corrected chi connectivity index (χ2v) is 6.72. The van der Waals surface area contributed by atoms with Gasteiger partial charge in [-0.1, -0.05) is 25.4 Å². The zero-order chi connectivity index (χ0) is 20.6. The Hall–Kier alpha value is -3.06. The fourth-order valence-corrected chi connectivity index (χ4v) is 2.68. The number of hydrogen-bond acceptors (Lipinski definition) is 6. The van der Waals surface area contributed by atoms with Gasteiger partial charge in [0.05, 0.1) is 13.2 Å². The number of halogens is 1. The van der Waals surface area contributed by atoms with E-state index in [-0.39, 0.29) is 11.7 Å². The van der Waals surface area contributed by atoms with Crippen LogP contribution in [-0.2, 0) is 0 Å². The largest absolute Gasteiger partial charge is 0.490 e. The molecule has 0 aliphatic carbocycles. The van der Waals surface area contributed by atoms with Gasteiger partial charge in [0.2, 0.25) is 5.82 Å². The summed E-state index contributed by atoms with van der Waals surface area (Å²) in [6.07, 6.45) is 1.76. The van der Waals surface area contributed by atoms with Gasteiger partial charge in [0.1, 0.15) is 0 Å². The molecule has 2 aromatic carbocycles. The average Bonchev–Trinajstić information content (AvgIpc) is 3.19. The number of amides is 1. The first-order valence-electron chi connectivity index (χ1n) is 9.41. The summed E-state index contributed by atoms with van der Waals surface area (Å²) in [6.45, 7) is 5.22. The van der Waals surface area contributed by atoms with Gasteiger partial charge in [-0.05, 0) is 65.6 Å². The van der Waals surface area contributed by atoms with Crippen LogP contribution in [0, 0.1) is 0 Å². The molecule has 0 unspecified atom stereocenters. The van der Waals surface area contributed by atoms with Crippen molar-refractivity contribution >= 4 is 23.3 Å². The van der Waals surface area contributed by atoms with Gasteiger partial charge in [0.25, 0.3) is 5.91 Å². The van der Waals surface area contributed by atoms with Gasteiger partial charge in [-0.3, -0.25) is 4.79 Å². The van der Waals surface area contributed by atoms with Gasteiger partial charge < -0.3 is 14.8 Å². The zero-order valence-electron chi connectivity index (χ0n) is 16.3. The topological polar surface area (TPSA) is 86.5 Å². The lowest BCUT2D eigenvalue weighted by Crippen LogP contribution is -2.12. The Morgan fingerprint density at radius 2 is 1.69 bits per heavy atom. The van der Waals surface area contributed by atoms with Crippen molar-refractivity contribution in [2.45, 2.75) is 26.7 Å². The molecule has 3 aromatic rings. The Morgan fingerprint density at radius 3 is 2.38 bits per heavy atom. The molecule has 0 aliphatic heterocycles. The predicted octanol–water partition coefficient (Wildman–Crippen LogP) is 5.22. The molecule has 0 saturated carbocycles. The van der Waals surface area contributed by atoms with Gasteiger partial charge in [0.15, 0.2) is 17.2 Å². The summed E-state index contributed by atoms with van der Waals surface area (Å²) in [4.78, 5) is 12.5. The van der Waals surface area contributed by atoms with Gasteiger partial charge in [-0.15, -0.1) is 0 Å². The van der Waals surface area contributed by atoms with E-state index < -0.39 is 0 Å². The number of nitrogens with zero attached hydrogens (tertiary/aromatic N) is 2. The number of carbonyl (C=O) groups is 1. The van der Waals surface area contributed by atoms with Crippen molar-refractivity contribution in [2.24, 2.45) is 0 Å².